The molecule has 0 spiro atoms. The number of hydrogen-bond donors (Lipinski definition) is 0. The lowest BCUT2D eigenvalue weighted by atomic mass is 10.0. The molecule has 2 aromatic heterocycles. The molecule has 21 heavy (non-hydrogen) atoms. The van der Waals surface area contributed by atoms with Gasteiger partial charge in [0.05, 0.1) is 0 Å². The van der Waals surface area contributed by atoms with Gasteiger partial charge in [-0.3, -0.25) is 0 Å². The maximum absolute atomic E-state index is 4.55. The average Bonchev–Trinajstić information content (AvgIpc) is 2.55. The van der Waals surface area contributed by atoms with E-state index in [9.17, 15) is 0 Å². The highest BCUT2D eigenvalue weighted by Gasteiger charge is 2.25. The molecule has 0 aromatic carbocycles. The van der Waals surface area contributed by atoms with Crippen LogP contribution in [0.25, 0.3) is 0 Å². The van der Waals surface area contributed by atoms with Crippen molar-refractivity contribution in [2.24, 2.45) is 0 Å². The second-order valence-corrected chi connectivity index (χ2v) is 5.56. The lowest BCUT2D eigenvalue weighted by molar-refractivity contribution is 0.483. The Bertz CT molecular complexity index is 586. The van der Waals surface area contributed by atoms with E-state index in [2.05, 4.69) is 44.8 Å². The second kappa shape index (κ2) is 6.08. The Morgan fingerprint density at radius 1 is 1.24 bits per heavy atom. The van der Waals surface area contributed by atoms with E-state index in [1.807, 2.05) is 18.3 Å². The van der Waals surface area contributed by atoms with Crippen LogP contribution in [0.4, 0.5) is 11.6 Å². The predicted octanol–water partition coefficient (Wildman–Crippen LogP) is 2.29. The van der Waals surface area contributed by atoms with Crippen molar-refractivity contribution in [1.82, 2.24) is 15.0 Å². The van der Waals surface area contributed by atoms with E-state index in [-0.39, 0.29) is 0 Å². The van der Waals surface area contributed by atoms with Gasteiger partial charge in [-0.1, -0.05) is 6.07 Å². The van der Waals surface area contributed by atoms with Crippen LogP contribution in [0.5, 0.6) is 0 Å². The second-order valence-electron chi connectivity index (χ2n) is 5.56. The van der Waals surface area contributed by atoms with Crippen LogP contribution in [0.2, 0.25) is 0 Å². The fourth-order valence-electron chi connectivity index (χ4n) is 2.95. The van der Waals surface area contributed by atoms with Crippen LogP contribution >= 0.6 is 0 Å². The molecule has 0 bridgehead atoms. The molecule has 1 fully saturated rings. The van der Waals surface area contributed by atoms with Gasteiger partial charge in [-0.25, -0.2) is 15.0 Å². The molecule has 5 heteroatoms. The molecule has 5 nitrogen and oxygen atoms in total. The highest BCUT2D eigenvalue weighted by molar-refractivity contribution is 5.47. The third kappa shape index (κ3) is 2.96. The summed E-state index contributed by atoms with van der Waals surface area (Å²) in [4.78, 5) is 17.5. The number of anilines is 2. The van der Waals surface area contributed by atoms with Gasteiger partial charge in [0.25, 0.3) is 0 Å². The zero-order valence-corrected chi connectivity index (χ0v) is 12.6. The van der Waals surface area contributed by atoms with Gasteiger partial charge in [-0.15, -0.1) is 0 Å². The van der Waals surface area contributed by atoms with Gasteiger partial charge in [0.15, 0.2) is 0 Å². The molecule has 0 radical (unpaired) electrons. The van der Waals surface area contributed by atoms with E-state index in [1.165, 1.54) is 18.4 Å². The first kappa shape index (κ1) is 13.8. The summed E-state index contributed by atoms with van der Waals surface area (Å²) in [6.07, 6.45) is 7.64. The molecular weight excluding hydrogens is 262 g/mol. The zero-order valence-electron chi connectivity index (χ0n) is 12.6. The molecular formula is C16H21N5. The fraction of sp³-hybridized carbons (Fsp3) is 0.438. The van der Waals surface area contributed by atoms with Crippen molar-refractivity contribution in [3.8, 4) is 0 Å². The Balaban J connectivity index is 1.76. The molecule has 0 aliphatic carbocycles. The van der Waals surface area contributed by atoms with Crippen molar-refractivity contribution < 1.29 is 0 Å². The zero-order chi connectivity index (χ0) is 14.7. The van der Waals surface area contributed by atoms with E-state index in [1.54, 1.807) is 12.5 Å². The molecule has 0 N–H and O–H groups in total. The standard InChI is InChI=1S/C16H21N5/c1-13-5-3-8-18-16(13)21-10-4-6-14(11-21)20(2)15-7-9-17-12-19-15/h3,5,7-9,12,14H,4,6,10-11H2,1-2H3. The maximum atomic E-state index is 4.55. The van der Waals surface area contributed by atoms with E-state index in [4.69, 9.17) is 0 Å². The minimum Gasteiger partial charge on any atom is -0.355 e. The van der Waals surface area contributed by atoms with Gasteiger partial charge in [-0.2, -0.15) is 0 Å². The third-order valence-corrected chi connectivity index (χ3v) is 4.15. The SMILES string of the molecule is Cc1cccnc1N1CCCC(N(C)c2ccncn2)C1. The number of aryl methyl sites for hydroxylation is 1. The van der Waals surface area contributed by atoms with Crippen molar-refractivity contribution >= 4 is 11.6 Å². The molecule has 1 aliphatic rings. The molecule has 0 amide bonds. The van der Waals surface area contributed by atoms with Crippen LogP contribution in [0.3, 0.4) is 0 Å². The smallest absolute Gasteiger partial charge is 0.131 e. The molecule has 1 unspecified atom stereocenters. The number of piperidine rings is 1. The van der Waals surface area contributed by atoms with Crippen LogP contribution in [0, 0.1) is 6.92 Å². The topological polar surface area (TPSA) is 45.2 Å². The van der Waals surface area contributed by atoms with E-state index >= 15 is 0 Å². The minimum atomic E-state index is 0.454. The Morgan fingerprint density at radius 2 is 2.14 bits per heavy atom. The maximum Gasteiger partial charge on any atom is 0.131 e. The largest absolute Gasteiger partial charge is 0.355 e. The first-order chi connectivity index (χ1) is 10.3. The molecule has 3 heterocycles. The summed E-state index contributed by atoms with van der Waals surface area (Å²) in [6.45, 7) is 4.18. The molecule has 1 aliphatic heterocycles. The van der Waals surface area contributed by atoms with Crippen LogP contribution < -0.4 is 9.80 Å². The lowest BCUT2D eigenvalue weighted by Crippen LogP contribution is -2.47. The summed E-state index contributed by atoms with van der Waals surface area (Å²) in [5.74, 6) is 2.09. The van der Waals surface area contributed by atoms with Crippen LogP contribution in [-0.4, -0.2) is 41.1 Å². The van der Waals surface area contributed by atoms with Crippen molar-refractivity contribution in [3.63, 3.8) is 0 Å². The molecule has 3 rings (SSSR count). The van der Waals surface area contributed by atoms with Gasteiger partial charge in [0.2, 0.25) is 0 Å². The first-order valence-electron chi connectivity index (χ1n) is 7.41. The van der Waals surface area contributed by atoms with E-state index in [0.29, 0.717) is 6.04 Å². The highest BCUT2D eigenvalue weighted by atomic mass is 15.3. The van der Waals surface area contributed by atoms with Crippen molar-refractivity contribution in [3.05, 3.63) is 42.5 Å². The predicted molar refractivity (Wildman–Crippen MR) is 84.6 cm³/mol. The Labute approximate surface area is 125 Å². The quantitative estimate of drug-likeness (QED) is 0.865. The number of hydrogen-bond acceptors (Lipinski definition) is 5. The number of likely N-dealkylation sites (N-methyl/N-ethyl adjacent to an activating group) is 1. The summed E-state index contributed by atoms with van der Waals surface area (Å²) < 4.78 is 0. The fourth-order valence-corrected chi connectivity index (χ4v) is 2.95. The number of nitrogens with zero attached hydrogens (tertiary/aromatic N) is 5. The summed E-state index contributed by atoms with van der Waals surface area (Å²) in [7, 11) is 2.11. The van der Waals surface area contributed by atoms with Crippen molar-refractivity contribution in [1.29, 1.82) is 0 Å². The third-order valence-electron chi connectivity index (χ3n) is 4.15. The summed E-state index contributed by atoms with van der Waals surface area (Å²) in [6, 6.07) is 6.54. The Hall–Kier alpha value is -2.17. The van der Waals surface area contributed by atoms with Gasteiger partial charge in [0.1, 0.15) is 18.0 Å². The Morgan fingerprint density at radius 3 is 2.90 bits per heavy atom. The summed E-state index contributed by atoms with van der Waals surface area (Å²) in [5, 5.41) is 0. The van der Waals surface area contributed by atoms with Crippen molar-refractivity contribution in [2.45, 2.75) is 25.8 Å². The van der Waals surface area contributed by atoms with Gasteiger partial charge >= 0.3 is 0 Å². The average molecular weight is 283 g/mol. The first-order valence-corrected chi connectivity index (χ1v) is 7.41. The molecule has 2 aromatic rings. The highest BCUT2D eigenvalue weighted by Crippen LogP contribution is 2.24. The van der Waals surface area contributed by atoms with E-state index < -0.39 is 0 Å². The Kier molecular flexibility index (Phi) is 3.99. The normalized spacial score (nSPS) is 18.6. The number of pyridine rings is 1. The summed E-state index contributed by atoms with van der Waals surface area (Å²) >= 11 is 0. The van der Waals surface area contributed by atoms with Crippen LogP contribution in [-0.2, 0) is 0 Å². The molecule has 1 atom stereocenters. The number of rotatable bonds is 3. The summed E-state index contributed by atoms with van der Waals surface area (Å²) in [5.41, 5.74) is 1.24. The monoisotopic (exact) mass is 283 g/mol. The molecule has 110 valence electrons. The minimum absolute atomic E-state index is 0.454. The van der Waals surface area contributed by atoms with Gasteiger partial charge in [0, 0.05) is 38.6 Å². The molecule has 1 saturated heterocycles. The lowest BCUT2D eigenvalue weighted by Gasteiger charge is -2.39. The van der Waals surface area contributed by atoms with Crippen LogP contribution in [0.15, 0.2) is 36.9 Å². The van der Waals surface area contributed by atoms with Gasteiger partial charge in [-0.05, 0) is 37.5 Å². The van der Waals surface area contributed by atoms with E-state index in [0.717, 1.165) is 24.7 Å². The molecule has 0 saturated carbocycles. The van der Waals surface area contributed by atoms with Gasteiger partial charge < -0.3 is 9.80 Å². The van der Waals surface area contributed by atoms with Crippen molar-refractivity contribution in [2.75, 3.05) is 29.9 Å². The van der Waals surface area contributed by atoms with Crippen LogP contribution in [0.1, 0.15) is 18.4 Å². The number of aromatic nitrogens is 3.